The van der Waals surface area contributed by atoms with Crippen LogP contribution in [-0.4, -0.2) is 86.6 Å². The van der Waals surface area contributed by atoms with Crippen LogP contribution in [0.4, 0.5) is 0 Å². The molecule has 2 saturated heterocycles. The van der Waals surface area contributed by atoms with Crippen molar-refractivity contribution in [2.24, 2.45) is 17.8 Å². The number of ether oxygens (including phenoxy) is 1. The van der Waals surface area contributed by atoms with Crippen molar-refractivity contribution >= 4 is 17.7 Å². The Morgan fingerprint density at radius 1 is 0.929 bits per heavy atom. The summed E-state index contributed by atoms with van der Waals surface area (Å²) in [5.41, 5.74) is -1.29. The molecule has 226 valence electrons. The number of hydrogen-bond donors (Lipinski definition) is 1. The summed E-state index contributed by atoms with van der Waals surface area (Å²) >= 11 is 0. The van der Waals surface area contributed by atoms with E-state index in [-0.39, 0.29) is 36.3 Å². The average Bonchev–Trinajstić information content (AvgIpc) is 3.29. The molecule has 1 N–H and O–H groups in total. The highest BCUT2D eigenvalue weighted by atomic mass is 16.5. The first-order valence-corrected chi connectivity index (χ1v) is 15.9. The van der Waals surface area contributed by atoms with E-state index in [0.29, 0.717) is 26.1 Å². The van der Waals surface area contributed by atoms with Gasteiger partial charge >= 0.3 is 0 Å². The van der Waals surface area contributed by atoms with Crippen LogP contribution in [0.2, 0.25) is 0 Å². The van der Waals surface area contributed by atoms with Gasteiger partial charge in [-0.25, -0.2) is 0 Å². The molecule has 6 atom stereocenters. The second-order valence-corrected chi connectivity index (χ2v) is 13.2. The van der Waals surface area contributed by atoms with Crippen molar-refractivity contribution in [2.45, 2.75) is 95.2 Å². The Morgan fingerprint density at radius 2 is 1.64 bits per heavy atom. The van der Waals surface area contributed by atoms with E-state index in [9.17, 15) is 19.5 Å². The number of aliphatic hydroxyl groups is 1. The van der Waals surface area contributed by atoms with Gasteiger partial charge < -0.3 is 24.5 Å². The fourth-order valence-electron chi connectivity index (χ4n) is 8.41. The molecule has 1 aromatic carbocycles. The molecule has 3 amide bonds. The molecule has 1 aliphatic carbocycles. The molecule has 3 fully saturated rings. The number of fused-ring (bicyclic) bond motifs is 2. The summed E-state index contributed by atoms with van der Waals surface area (Å²) in [6, 6.07) is 8.49. The molecule has 5 aliphatic rings. The van der Waals surface area contributed by atoms with Crippen molar-refractivity contribution in [1.29, 1.82) is 0 Å². The van der Waals surface area contributed by atoms with E-state index < -0.39 is 35.1 Å². The molecule has 4 heterocycles. The lowest BCUT2D eigenvalue weighted by Gasteiger charge is -2.43. The van der Waals surface area contributed by atoms with Crippen LogP contribution in [0, 0.1) is 17.8 Å². The van der Waals surface area contributed by atoms with Gasteiger partial charge in [0.05, 0.1) is 30.1 Å². The zero-order valence-corrected chi connectivity index (χ0v) is 25.2. The molecule has 1 saturated carbocycles. The molecule has 0 radical (unpaired) electrons. The molecule has 4 aliphatic heterocycles. The molecule has 1 unspecified atom stereocenters. The average molecular weight is 576 g/mol. The van der Waals surface area contributed by atoms with Crippen molar-refractivity contribution in [1.82, 2.24) is 14.7 Å². The van der Waals surface area contributed by atoms with E-state index in [2.05, 4.69) is 0 Å². The van der Waals surface area contributed by atoms with E-state index in [1.807, 2.05) is 85.2 Å². The Kier molecular flexibility index (Phi) is 7.81. The van der Waals surface area contributed by atoms with Gasteiger partial charge in [-0.2, -0.15) is 0 Å². The smallest absolute Gasteiger partial charge is 0.249 e. The summed E-state index contributed by atoms with van der Waals surface area (Å²) < 4.78 is 7.12. The zero-order chi connectivity index (χ0) is 29.6. The molecule has 8 nitrogen and oxygen atoms in total. The van der Waals surface area contributed by atoms with Crippen LogP contribution in [0.25, 0.3) is 0 Å². The summed E-state index contributed by atoms with van der Waals surface area (Å²) in [5, 5.41) is 10.6. The Bertz CT molecular complexity index is 1260. The van der Waals surface area contributed by atoms with Gasteiger partial charge in [-0.3, -0.25) is 14.4 Å². The highest BCUT2D eigenvalue weighted by Gasteiger charge is 2.76. The van der Waals surface area contributed by atoms with Crippen molar-refractivity contribution in [3.8, 4) is 0 Å². The highest BCUT2D eigenvalue weighted by molar-refractivity contribution is 6.00. The number of amides is 3. The fraction of sp³-hybridized carbons (Fsp3) is 0.618. The van der Waals surface area contributed by atoms with Gasteiger partial charge in [-0.1, -0.05) is 94.7 Å². The van der Waals surface area contributed by atoms with Gasteiger partial charge in [0.25, 0.3) is 0 Å². The molecule has 0 aromatic heterocycles. The predicted octanol–water partition coefficient (Wildman–Crippen LogP) is 3.69. The second kappa shape index (κ2) is 11.3. The lowest BCUT2D eigenvalue weighted by Crippen LogP contribution is -2.61. The van der Waals surface area contributed by atoms with Crippen LogP contribution in [0.15, 0.2) is 54.6 Å². The number of likely N-dealkylation sites (tertiary alicyclic amines) is 1. The third-order valence-electron chi connectivity index (χ3n) is 10.5. The third-order valence-corrected chi connectivity index (χ3v) is 10.5. The van der Waals surface area contributed by atoms with Crippen LogP contribution >= 0.6 is 0 Å². The van der Waals surface area contributed by atoms with Crippen LogP contribution in [0.5, 0.6) is 0 Å². The van der Waals surface area contributed by atoms with Gasteiger partial charge in [0, 0.05) is 25.7 Å². The SMILES string of the molecule is CC[C@]12C=CCN(Cc3ccccc3)C(=O)[C@H]1[C@H]1C(=O)N([C@@H](CO)C(C)C)C3C(=O)N(C4CCCCC4)CC=C[C@@]31O2. The maximum Gasteiger partial charge on any atom is 0.249 e. The number of nitrogens with zero attached hydrogens (tertiary/aromatic N) is 3. The van der Waals surface area contributed by atoms with Crippen molar-refractivity contribution < 1.29 is 24.2 Å². The first-order valence-electron chi connectivity index (χ1n) is 15.9. The van der Waals surface area contributed by atoms with E-state index in [1.165, 1.54) is 6.42 Å². The first kappa shape index (κ1) is 29.1. The Morgan fingerprint density at radius 3 is 2.31 bits per heavy atom. The molecular weight excluding hydrogens is 530 g/mol. The molecule has 42 heavy (non-hydrogen) atoms. The minimum atomic E-state index is -1.30. The van der Waals surface area contributed by atoms with E-state index in [0.717, 1.165) is 31.2 Å². The van der Waals surface area contributed by atoms with Gasteiger partial charge in [0.15, 0.2) is 0 Å². The summed E-state index contributed by atoms with van der Waals surface area (Å²) in [6.07, 6.45) is 13.6. The third kappa shape index (κ3) is 4.44. The van der Waals surface area contributed by atoms with Crippen molar-refractivity contribution in [3.63, 3.8) is 0 Å². The van der Waals surface area contributed by atoms with Crippen LogP contribution < -0.4 is 0 Å². The molecule has 8 heteroatoms. The standard InChI is InChI=1S/C34H45N3O5/c1-4-33-17-11-19-35(21-24-13-7-5-8-14-24)30(39)27(33)28-31(40)37(26(22-38)23(2)3)29-32(41)36(25-15-9-6-10-16-25)20-12-18-34(28,29)42-33/h5,7-8,11-14,17-18,23,25-29,38H,4,6,9-10,15-16,19-22H2,1-3H3/t26-,27+,28-,29?,33-,34-/m0/s1. The Labute approximate surface area is 249 Å². The topological polar surface area (TPSA) is 90.4 Å². The predicted molar refractivity (Wildman–Crippen MR) is 159 cm³/mol. The van der Waals surface area contributed by atoms with Gasteiger partial charge in [-0.05, 0) is 30.7 Å². The summed E-state index contributed by atoms with van der Waals surface area (Å²) in [5.74, 6) is -2.25. The largest absolute Gasteiger partial charge is 0.394 e. The van der Waals surface area contributed by atoms with Crippen LogP contribution in [0.1, 0.15) is 64.9 Å². The zero-order valence-electron chi connectivity index (χ0n) is 25.2. The minimum absolute atomic E-state index is 0.0896. The van der Waals surface area contributed by atoms with E-state index in [4.69, 9.17) is 4.74 Å². The normalized spacial score (nSPS) is 34.0. The maximum absolute atomic E-state index is 14.8. The number of carbonyl (C=O) groups excluding carboxylic acids is 3. The van der Waals surface area contributed by atoms with Gasteiger partial charge in [0.2, 0.25) is 17.7 Å². The monoisotopic (exact) mass is 575 g/mol. The van der Waals surface area contributed by atoms with Crippen molar-refractivity contribution in [3.05, 3.63) is 60.2 Å². The Hall–Kier alpha value is -2.97. The molecule has 1 spiro atoms. The van der Waals surface area contributed by atoms with Crippen molar-refractivity contribution in [2.75, 3.05) is 19.7 Å². The molecular formula is C34H45N3O5. The minimum Gasteiger partial charge on any atom is -0.394 e. The van der Waals surface area contributed by atoms with Crippen LogP contribution in [-0.2, 0) is 25.7 Å². The van der Waals surface area contributed by atoms with Gasteiger partial charge in [0.1, 0.15) is 11.6 Å². The number of carbonyl (C=O) groups is 3. The maximum atomic E-state index is 14.8. The lowest BCUT2D eigenvalue weighted by atomic mass is 9.73. The fourth-order valence-corrected chi connectivity index (χ4v) is 8.41. The summed E-state index contributed by atoms with van der Waals surface area (Å²) in [4.78, 5) is 49.5. The quantitative estimate of drug-likeness (QED) is 0.501. The molecule has 1 aromatic rings. The first-order chi connectivity index (χ1) is 20.3. The summed E-state index contributed by atoms with van der Waals surface area (Å²) in [7, 11) is 0. The van der Waals surface area contributed by atoms with Crippen LogP contribution in [0.3, 0.4) is 0 Å². The molecule has 6 rings (SSSR count). The highest BCUT2D eigenvalue weighted by Crippen LogP contribution is 2.59. The molecule has 0 bridgehead atoms. The number of benzene rings is 1. The number of hydrogen-bond acceptors (Lipinski definition) is 5. The number of rotatable bonds is 7. The number of aliphatic hydroxyl groups excluding tert-OH is 1. The summed E-state index contributed by atoms with van der Waals surface area (Å²) in [6.45, 7) is 6.96. The van der Waals surface area contributed by atoms with Gasteiger partial charge in [-0.15, -0.1) is 0 Å². The second-order valence-electron chi connectivity index (χ2n) is 13.2. The lowest BCUT2D eigenvalue weighted by molar-refractivity contribution is -0.159. The van der Waals surface area contributed by atoms with E-state index >= 15 is 0 Å². The Balaban J connectivity index is 1.46. The van der Waals surface area contributed by atoms with E-state index in [1.54, 1.807) is 4.90 Å².